The summed E-state index contributed by atoms with van der Waals surface area (Å²) < 4.78 is 5.41. The van der Waals surface area contributed by atoms with E-state index in [4.69, 9.17) is 9.84 Å². The molecule has 0 aromatic carbocycles. The van der Waals surface area contributed by atoms with Gasteiger partial charge in [-0.25, -0.2) is 0 Å². The van der Waals surface area contributed by atoms with Crippen molar-refractivity contribution in [1.82, 2.24) is 0 Å². The molecule has 0 aliphatic carbocycles. The maximum atomic E-state index is 8.50. The molecule has 2 heteroatoms. The van der Waals surface area contributed by atoms with Crippen molar-refractivity contribution in [2.45, 2.75) is 39.5 Å². The minimum absolute atomic E-state index is 0.312. The molecule has 0 saturated carbocycles. The summed E-state index contributed by atoms with van der Waals surface area (Å²) in [5.74, 6) is 0.738. The van der Waals surface area contributed by atoms with E-state index in [0.29, 0.717) is 6.61 Å². The predicted molar refractivity (Wildman–Crippen MR) is 51.2 cm³/mol. The van der Waals surface area contributed by atoms with Crippen molar-refractivity contribution in [1.29, 1.82) is 0 Å². The quantitative estimate of drug-likeness (QED) is 0.572. The number of hydrogen-bond donors (Lipinski definition) is 1. The van der Waals surface area contributed by atoms with Crippen LogP contribution >= 0.6 is 0 Å². The topological polar surface area (TPSA) is 29.5 Å². The van der Waals surface area contributed by atoms with Crippen LogP contribution in [0.3, 0.4) is 0 Å². The van der Waals surface area contributed by atoms with Crippen molar-refractivity contribution in [2.75, 3.05) is 19.8 Å². The second-order valence-electron chi connectivity index (χ2n) is 3.58. The summed E-state index contributed by atoms with van der Waals surface area (Å²) in [5.41, 5.74) is 0. The third kappa shape index (κ3) is 9.92. The standard InChI is InChI=1S/C10H22O2/c1-10(2)6-9-12-8-5-3-4-7-11/h10-11H,3-9H2,1-2H3. The number of aliphatic hydroxyl groups is 1. The first-order chi connectivity index (χ1) is 5.77. The Balaban J connectivity index is 2.82. The molecule has 74 valence electrons. The highest BCUT2D eigenvalue weighted by Gasteiger charge is 1.93. The summed E-state index contributed by atoms with van der Waals surface area (Å²) in [4.78, 5) is 0. The zero-order valence-electron chi connectivity index (χ0n) is 8.38. The van der Waals surface area contributed by atoms with Crippen molar-refractivity contribution in [3.63, 3.8) is 0 Å². The van der Waals surface area contributed by atoms with Gasteiger partial charge in [-0.05, 0) is 31.6 Å². The highest BCUT2D eigenvalue weighted by molar-refractivity contribution is 4.43. The maximum absolute atomic E-state index is 8.50. The summed E-state index contributed by atoms with van der Waals surface area (Å²) in [6.45, 7) is 6.46. The molecule has 0 amide bonds. The molecule has 0 heterocycles. The fourth-order valence-corrected chi connectivity index (χ4v) is 0.914. The zero-order chi connectivity index (χ0) is 9.23. The van der Waals surface area contributed by atoms with E-state index >= 15 is 0 Å². The lowest BCUT2D eigenvalue weighted by Gasteiger charge is -2.05. The average molecular weight is 174 g/mol. The van der Waals surface area contributed by atoms with E-state index < -0.39 is 0 Å². The Morgan fingerprint density at radius 2 is 1.83 bits per heavy atom. The molecule has 0 spiro atoms. The summed E-state index contributed by atoms with van der Waals surface area (Å²) in [5, 5.41) is 8.50. The van der Waals surface area contributed by atoms with Gasteiger partial charge in [0.05, 0.1) is 0 Å². The number of aliphatic hydroxyl groups excluding tert-OH is 1. The van der Waals surface area contributed by atoms with Gasteiger partial charge in [-0.15, -0.1) is 0 Å². The summed E-state index contributed by atoms with van der Waals surface area (Å²) in [6, 6.07) is 0. The highest BCUT2D eigenvalue weighted by Crippen LogP contribution is 2.00. The van der Waals surface area contributed by atoms with E-state index in [1.54, 1.807) is 0 Å². The van der Waals surface area contributed by atoms with E-state index in [2.05, 4.69) is 13.8 Å². The van der Waals surface area contributed by atoms with Gasteiger partial charge in [0.25, 0.3) is 0 Å². The van der Waals surface area contributed by atoms with Gasteiger partial charge >= 0.3 is 0 Å². The van der Waals surface area contributed by atoms with Crippen LogP contribution in [0.5, 0.6) is 0 Å². The summed E-state index contributed by atoms with van der Waals surface area (Å²) in [6.07, 6.45) is 4.23. The highest BCUT2D eigenvalue weighted by atomic mass is 16.5. The average Bonchev–Trinajstić information content (AvgIpc) is 2.02. The van der Waals surface area contributed by atoms with Crippen molar-refractivity contribution in [3.05, 3.63) is 0 Å². The SMILES string of the molecule is CC(C)CCOCCCCCO. The first kappa shape index (κ1) is 11.9. The fraction of sp³-hybridized carbons (Fsp3) is 1.00. The van der Waals surface area contributed by atoms with Crippen LogP contribution in [0.4, 0.5) is 0 Å². The molecule has 0 aliphatic rings. The summed E-state index contributed by atoms with van der Waals surface area (Å²) in [7, 11) is 0. The van der Waals surface area contributed by atoms with Crippen LogP contribution in [0.25, 0.3) is 0 Å². The molecule has 0 aliphatic heterocycles. The van der Waals surface area contributed by atoms with Crippen LogP contribution in [0.15, 0.2) is 0 Å². The maximum Gasteiger partial charge on any atom is 0.0468 e. The zero-order valence-corrected chi connectivity index (χ0v) is 8.38. The van der Waals surface area contributed by atoms with Gasteiger partial charge in [-0.2, -0.15) is 0 Å². The third-order valence-electron chi connectivity index (χ3n) is 1.79. The Morgan fingerprint density at radius 3 is 2.42 bits per heavy atom. The smallest absolute Gasteiger partial charge is 0.0468 e. The first-order valence-electron chi connectivity index (χ1n) is 4.96. The van der Waals surface area contributed by atoms with Crippen molar-refractivity contribution in [2.24, 2.45) is 5.92 Å². The largest absolute Gasteiger partial charge is 0.396 e. The Labute approximate surface area is 75.9 Å². The van der Waals surface area contributed by atoms with Gasteiger partial charge in [-0.3, -0.25) is 0 Å². The normalized spacial score (nSPS) is 11.0. The molecular weight excluding hydrogens is 152 g/mol. The van der Waals surface area contributed by atoms with Crippen LogP contribution in [-0.4, -0.2) is 24.9 Å². The molecule has 0 rings (SSSR count). The number of ether oxygens (including phenoxy) is 1. The van der Waals surface area contributed by atoms with Crippen LogP contribution < -0.4 is 0 Å². The number of unbranched alkanes of at least 4 members (excludes halogenated alkanes) is 2. The minimum Gasteiger partial charge on any atom is -0.396 e. The van der Waals surface area contributed by atoms with Crippen LogP contribution in [-0.2, 0) is 4.74 Å². The van der Waals surface area contributed by atoms with Crippen LogP contribution in [0.1, 0.15) is 39.5 Å². The molecule has 0 bridgehead atoms. The van der Waals surface area contributed by atoms with Crippen molar-refractivity contribution in [3.8, 4) is 0 Å². The molecule has 0 saturated heterocycles. The van der Waals surface area contributed by atoms with Crippen molar-refractivity contribution >= 4 is 0 Å². The van der Waals surface area contributed by atoms with Crippen LogP contribution in [0, 0.1) is 5.92 Å². The van der Waals surface area contributed by atoms with Gasteiger partial charge in [0.15, 0.2) is 0 Å². The van der Waals surface area contributed by atoms with E-state index in [9.17, 15) is 0 Å². The molecular formula is C10H22O2. The first-order valence-corrected chi connectivity index (χ1v) is 4.96. The molecule has 0 radical (unpaired) electrons. The lowest BCUT2D eigenvalue weighted by Crippen LogP contribution is -2.00. The summed E-state index contributed by atoms with van der Waals surface area (Å²) >= 11 is 0. The Morgan fingerprint density at radius 1 is 1.08 bits per heavy atom. The van der Waals surface area contributed by atoms with Crippen LogP contribution in [0.2, 0.25) is 0 Å². The third-order valence-corrected chi connectivity index (χ3v) is 1.79. The predicted octanol–water partition coefficient (Wildman–Crippen LogP) is 2.21. The number of rotatable bonds is 8. The lowest BCUT2D eigenvalue weighted by molar-refractivity contribution is 0.118. The molecule has 0 fully saturated rings. The Kier molecular flexibility index (Phi) is 8.95. The molecule has 12 heavy (non-hydrogen) atoms. The molecule has 1 N–H and O–H groups in total. The van der Waals surface area contributed by atoms with E-state index in [1.807, 2.05) is 0 Å². The van der Waals surface area contributed by atoms with Gasteiger partial charge in [-0.1, -0.05) is 13.8 Å². The minimum atomic E-state index is 0.312. The molecule has 0 aromatic heterocycles. The van der Waals surface area contributed by atoms with Gasteiger partial charge in [0.2, 0.25) is 0 Å². The Bertz CT molecular complexity index is 81.9. The van der Waals surface area contributed by atoms with Gasteiger partial charge in [0.1, 0.15) is 0 Å². The second-order valence-corrected chi connectivity index (χ2v) is 3.58. The van der Waals surface area contributed by atoms with E-state index in [1.165, 1.54) is 0 Å². The van der Waals surface area contributed by atoms with Crippen molar-refractivity contribution < 1.29 is 9.84 Å². The number of hydrogen-bond acceptors (Lipinski definition) is 2. The van der Waals surface area contributed by atoms with Gasteiger partial charge in [0, 0.05) is 19.8 Å². The molecule has 0 unspecified atom stereocenters. The fourth-order valence-electron chi connectivity index (χ4n) is 0.914. The Hall–Kier alpha value is -0.0800. The lowest BCUT2D eigenvalue weighted by atomic mass is 10.1. The molecule has 0 atom stereocenters. The molecule has 2 nitrogen and oxygen atoms in total. The molecule has 0 aromatic rings. The second kappa shape index (κ2) is 9.01. The van der Waals surface area contributed by atoms with E-state index in [0.717, 1.165) is 44.8 Å². The van der Waals surface area contributed by atoms with E-state index in [-0.39, 0.29) is 0 Å². The monoisotopic (exact) mass is 174 g/mol. The van der Waals surface area contributed by atoms with Gasteiger partial charge < -0.3 is 9.84 Å².